The number of pyridine rings is 1. The molecule has 1 heterocycles. The van der Waals surface area contributed by atoms with Gasteiger partial charge in [0.1, 0.15) is 5.69 Å². The van der Waals surface area contributed by atoms with E-state index in [9.17, 15) is 4.79 Å². The lowest BCUT2D eigenvalue weighted by atomic mass is 10.1. The molecule has 0 unspecified atom stereocenters. The Kier molecular flexibility index (Phi) is 4.21. The minimum absolute atomic E-state index is 0.0238. The van der Waals surface area contributed by atoms with Crippen LogP contribution in [0.1, 0.15) is 41.7 Å². The number of carbonyl (C=O) groups excluding carboxylic acids is 1. The van der Waals surface area contributed by atoms with E-state index >= 15 is 0 Å². The van der Waals surface area contributed by atoms with Crippen LogP contribution in [0.4, 0.5) is 0 Å². The van der Waals surface area contributed by atoms with Crippen molar-refractivity contribution in [2.45, 2.75) is 25.7 Å². The maximum absolute atomic E-state index is 12.8. The molecule has 0 atom stereocenters. The van der Waals surface area contributed by atoms with Gasteiger partial charge in [-0.2, -0.15) is 0 Å². The molecule has 0 bridgehead atoms. The zero-order chi connectivity index (χ0) is 14.7. The minimum Gasteiger partial charge on any atom is -0.337 e. The van der Waals surface area contributed by atoms with Crippen molar-refractivity contribution < 1.29 is 4.79 Å². The maximum atomic E-state index is 12.8. The number of nitrogens with two attached hydrogens (primary N) is 1. The molecule has 0 saturated heterocycles. The lowest BCUT2D eigenvalue weighted by Gasteiger charge is -2.22. The molecule has 2 aliphatic carbocycles. The molecule has 0 radical (unpaired) electrons. The van der Waals surface area contributed by atoms with Gasteiger partial charge in [0, 0.05) is 19.3 Å². The normalized spacial score (nSPS) is 17.0. The van der Waals surface area contributed by atoms with E-state index in [2.05, 4.69) is 16.8 Å². The molecule has 4 heteroatoms. The van der Waals surface area contributed by atoms with Gasteiger partial charge in [-0.05, 0) is 49.7 Å². The predicted molar refractivity (Wildman–Crippen MR) is 81.5 cm³/mol. The first-order chi connectivity index (χ1) is 10.3. The summed E-state index contributed by atoms with van der Waals surface area (Å²) in [7, 11) is 0. The molecule has 3 rings (SSSR count). The van der Waals surface area contributed by atoms with Crippen LogP contribution >= 0.6 is 0 Å². The van der Waals surface area contributed by atoms with E-state index in [4.69, 9.17) is 5.73 Å². The lowest BCUT2D eigenvalue weighted by Crippen LogP contribution is -2.35. The number of aromatic nitrogens is 1. The Bertz CT molecular complexity index is 565. The van der Waals surface area contributed by atoms with Crippen molar-refractivity contribution in [2.75, 3.05) is 19.6 Å². The second kappa shape index (κ2) is 6.28. The third-order valence-corrected chi connectivity index (χ3v) is 3.97. The standard InChI is InChI=1S/C17H21N3O/c18-9-1-3-15-4-2-10-19-16(15)17(21)20(11-13-5-6-13)12-14-7-8-14/h2,4,10,13-14H,5-9,11-12,18H2. The molecular weight excluding hydrogens is 262 g/mol. The van der Waals surface area contributed by atoms with Crippen LogP contribution in [0, 0.1) is 23.7 Å². The molecule has 4 nitrogen and oxygen atoms in total. The van der Waals surface area contributed by atoms with E-state index in [1.165, 1.54) is 25.7 Å². The summed E-state index contributed by atoms with van der Waals surface area (Å²) in [5.41, 5.74) is 6.58. The van der Waals surface area contributed by atoms with Gasteiger partial charge < -0.3 is 10.6 Å². The monoisotopic (exact) mass is 283 g/mol. The van der Waals surface area contributed by atoms with Crippen LogP contribution < -0.4 is 5.73 Å². The van der Waals surface area contributed by atoms with Gasteiger partial charge in [-0.3, -0.25) is 4.79 Å². The predicted octanol–water partition coefficient (Wildman–Crippen LogP) is 1.65. The van der Waals surface area contributed by atoms with Crippen molar-refractivity contribution in [3.05, 3.63) is 29.6 Å². The van der Waals surface area contributed by atoms with Crippen molar-refractivity contribution in [2.24, 2.45) is 17.6 Å². The molecule has 1 aromatic rings. The fourth-order valence-corrected chi connectivity index (χ4v) is 2.44. The molecule has 0 spiro atoms. The Hall–Kier alpha value is -1.86. The van der Waals surface area contributed by atoms with Crippen LogP contribution in [0.2, 0.25) is 0 Å². The molecule has 2 N–H and O–H groups in total. The number of hydrogen-bond donors (Lipinski definition) is 1. The molecule has 0 aromatic carbocycles. The van der Waals surface area contributed by atoms with Gasteiger partial charge in [0.2, 0.25) is 0 Å². The molecule has 0 aliphatic heterocycles. The van der Waals surface area contributed by atoms with Crippen LogP contribution in [-0.4, -0.2) is 35.4 Å². The molecule has 2 fully saturated rings. The van der Waals surface area contributed by atoms with Crippen molar-refractivity contribution in [1.29, 1.82) is 0 Å². The quantitative estimate of drug-likeness (QED) is 0.836. The zero-order valence-corrected chi connectivity index (χ0v) is 12.2. The highest BCUT2D eigenvalue weighted by molar-refractivity contribution is 5.94. The van der Waals surface area contributed by atoms with Gasteiger partial charge in [-0.15, -0.1) is 0 Å². The first kappa shape index (κ1) is 14.1. The van der Waals surface area contributed by atoms with Crippen LogP contribution in [0.3, 0.4) is 0 Å². The van der Waals surface area contributed by atoms with E-state index in [1.54, 1.807) is 6.20 Å². The molecule has 21 heavy (non-hydrogen) atoms. The Morgan fingerprint density at radius 3 is 2.52 bits per heavy atom. The van der Waals surface area contributed by atoms with E-state index in [0.717, 1.165) is 13.1 Å². The van der Waals surface area contributed by atoms with Gasteiger partial charge >= 0.3 is 0 Å². The van der Waals surface area contributed by atoms with Gasteiger partial charge in [0.15, 0.2) is 0 Å². The average molecular weight is 283 g/mol. The highest BCUT2D eigenvalue weighted by atomic mass is 16.2. The number of hydrogen-bond acceptors (Lipinski definition) is 3. The first-order valence-corrected chi connectivity index (χ1v) is 7.71. The first-order valence-electron chi connectivity index (χ1n) is 7.71. The smallest absolute Gasteiger partial charge is 0.273 e. The number of carbonyl (C=O) groups is 1. The Morgan fingerprint density at radius 1 is 1.29 bits per heavy atom. The van der Waals surface area contributed by atoms with Crippen LogP contribution in [0.5, 0.6) is 0 Å². The molecule has 1 aromatic heterocycles. The second-order valence-electron chi connectivity index (χ2n) is 6.00. The summed E-state index contributed by atoms with van der Waals surface area (Å²) in [6, 6.07) is 3.65. The average Bonchev–Trinajstić information content (AvgIpc) is 3.39. The summed E-state index contributed by atoms with van der Waals surface area (Å²) in [4.78, 5) is 19.1. The van der Waals surface area contributed by atoms with Crippen molar-refractivity contribution in [3.63, 3.8) is 0 Å². The third kappa shape index (κ3) is 3.83. The Labute approximate surface area is 125 Å². The van der Waals surface area contributed by atoms with Crippen LogP contribution in [0.15, 0.2) is 18.3 Å². The van der Waals surface area contributed by atoms with Gasteiger partial charge in [0.05, 0.1) is 12.1 Å². The van der Waals surface area contributed by atoms with E-state index in [-0.39, 0.29) is 12.5 Å². The largest absolute Gasteiger partial charge is 0.337 e. The number of nitrogens with zero attached hydrogens (tertiary/aromatic N) is 2. The Morgan fingerprint density at radius 2 is 1.95 bits per heavy atom. The van der Waals surface area contributed by atoms with Crippen molar-refractivity contribution in [1.82, 2.24) is 9.88 Å². The molecular formula is C17H21N3O. The summed E-state index contributed by atoms with van der Waals surface area (Å²) < 4.78 is 0. The molecule has 110 valence electrons. The van der Waals surface area contributed by atoms with Gasteiger partial charge in [-0.25, -0.2) is 4.98 Å². The fraction of sp³-hybridized carbons (Fsp3) is 0.529. The summed E-state index contributed by atoms with van der Waals surface area (Å²) in [6.45, 7) is 2.03. The second-order valence-corrected chi connectivity index (χ2v) is 6.00. The number of rotatable bonds is 5. The molecule has 1 amide bonds. The lowest BCUT2D eigenvalue weighted by molar-refractivity contribution is 0.0733. The summed E-state index contributed by atoms with van der Waals surface area (Å²) in [5, 5.41) is 0. The maximum Gasteiger partial charge on any atom is 0.273 e. The van der Waals surface area contributed by atoms with Gasteiger partial charge in [-0.1, -0.05) is 11.8 Å². The summed E-state index contributed by atoms with van der Waals surface area (Å²) in [5.74, 6) is 7.18. The zero-order valence-electron chi connectivity index (χ0n) is 12.2. The fourth-order valence-electron chi connectivity index (χ4n) is 2.44. The molecule has 2 aliphatic rings. The summed E-state index contributed by atoms with van der Waals surface area (Å²) >= 11 is 0. The highest BCUT2D eigenvalue weighted by Crippen LogP contribution is 2.34. The van der Waals surface area contributed by atoms with Crippen molar-refractivity contribution in [3.8, 4) is 11.8 Å². The Balaban J connectivity index is 1.80. The highest BCUT2D eigenvalue weighted by Gasteiger charge is 2.32. The SMILES string of the molecule is NCC#Cc1cccnc1C(=O)N(CC1CC1)CC1CC1. The minimum atomic E-state index is 0.0238. The van der Waals surface area contributed by atoms with Crippen LogP contribution in [0.25, 0.3) is 0 Å². The van der Waals surface area contributed by atoms with E-state index in [1.807, 2.05) is 17.0 Å². The third-order valence-electron chi connectivity index (χ3n) is 3.97. The van der Waals surface area contributed by atoms with Gasteiger partial charge in [0.25, 0.3) is 5.91 Å². The summed E-state index contributed by atoms with van der Waals surface area (Å²) in [6.07, 6.45) is 6.65. The topological polar surface area (TPSA) is 59.2 Å². The van der Waals surface area contributed by atoms with Crippen LogP contribution in [-0.2, 0) is 0 Å². The number of amides is 1. The van der Waals surface area contributed by atoms with E-state index in [0.29, 0.717) is 23.1 Å². The van der Waals surface area contributed by atoms with E-state index < -0.39 is 0 Å². The van der Waals surface area contributed by atoms with Crippen molar-refractivity contribution >= 4 is 5.91 Å². The molecule has 2 saturated carbocycles.